The van der Waals surface area contributed by atoms with Crippen LogP contribution in [-0.4, -0.2) is 30.0 Å². The van der Waals surface area contributed by atoms with Crippen LogP contribution in [0.4, 0.5) is 0 Å². The van der Waals surface area contributed by atoms with E-state index in [4.69, 9.17) is 0 Å². The average Bonchev–Trinajstić information content (AvgIpc) is 2.56. The van der Waals surface area contributed by atoms with Crippen molar-refractivity contribution in [2.24, 2.45) is 0 Å². The van der Waals surface area contributed by atoms with Crippen molar-refractivity contribution in [2.75, 3.05) is 20.1 Å². The Morgan fingerprint density at radius 3 is 3.21 bits per heavy atom. The molecule has 0 spiro atoms. The summed E-state index contributed by atoms with van der Waals surface area (Å²) < 4.78 is 0. The molecule has 0 amide bonds. The summed E-state index contributed by atoms with van der Waals surface area (Å²) in [6.45, 7) is 6.31. The fourth-order valence-corrected chi connectivity index (χ4v) is 2.85. The Labute approximate surface area is 89.1 Å². The third-order valence-electron chi connectivity index (χ3n) is 2.49. The molecular weight excluding hydrogens is 194 g/mol. The van der Waals surface area contributed by atoms with E-state index < -0.39 is 0 Å². The molecule has 0 fully saturated rings. The highest BCUT2D eigenvalue weighted by atomic mass is 32.1. The first-order chi connectivity index (χ1) is 6.79. The Kier molecular flexibility index (Phi) is 3.15. The molecule has 0 saturated heterocycles. The Bertz CT molecular complexity index is 308. The molecule has 1 N–H and O–H groups in total. The summed E-state index contributed by atoms with van der Waals surface area (Å²) >= 11 is 1.86. The molecule has 0 atom stereocenters. The number of rotatable bonds is 3. The van der Waals surface area contributed by atoms with E-state index in [-0.39, 0.29) is 0 Å². The lowest BCUT2D eigenvalue weighted by atomic mass is 10.2. The Hall–Kier alpha value is -0.450. The zero-order chi connectivity index (χ0) is 9.97. The van der Waals surface area contributed by atoms with Crippen molar-refractivity contribution in [1.29, 1.82) is 0 Å². The van der Waals surface area contributed by atoms with Crippen molar-refractivity contribution in [3.8, 4) is 0 Å². The molecule has 0 aliphatic carbocycles. The molecule has 0 bridgehead atoms. The van der Waals surface area contributed by atoms with E-state index in [1.165, 1.54) is 15.6 Å². The molecule has 1 aromatic heterocycles. The molecule has 0 radical (unpaired) electrons. The number of thiazole rings is 1. The highest BCUT2D eigenvalue weighted by Crippen LogP contribution is 2.24. The summed E-state index contributed by atoms with van der Waals surface area (Å²) in [6, 6.07) is 0. The number of hydrogen-bond acceptors (Lipinski definition) is 4. The van der Waals surface area contributed by atoms with Crippen LogP contribution in [0.15, 0.2) is 0 Å². The van der Waals surface area contributed by atoms with Gasteiger partial charge in [-0.1, -0.05) is 6.92 Å². The predicted molar refractivity (Wildman–Crippen MR) is 59.5 cm³/mol. The number of likely N-dealkylation sites (N-methyl/N-ethyl adjacent to an activating group) is 1. The van der Waals surface area contributed by atoms with Gasteiger partial charge in [-0.3, -0.25) is 0 Å². The van der Waals surface area contributed by atoms with Crippen LogP contribution >= 0.6 is 11.3 Å². The second kappa shape index (κ2) is 4.38. The van der Waals surface area contributed by atoms with Gasteiger partial charge in [0.15, 0.2) is 0 Å². The van der Waals surface area contributed by atoms with Gasteiger partial charge < -0.3 is 10.2 Å². The molecule has 78 valence electrons. The van der Waals surface area contributed by atoms with Crippen LogP contribution in [0.2, 0.25) is 0 Å². The molecule has 1 aliphatic heterocycles. The number of nitrogens with zero attached hydrogens (tertiary/aromatic N) is 2. The van der Waals surface area contributed by atoms with Gasteiger partial charge in [-0.25, -0.2) is 4.98 Å². The van der Waals surface area contributed by atoms with Gasteiger partial charge in [0.1, 0.15) is 5.01 Å². The lowest BCUT2D eigenvalue weighted by Crippen LogP contribution is -2.25. The summed E-state index contributed by atoms with van der Waals surface area (Å²) in [4.78, 5) is 8.48. The molecule has 0 aromatic carbocycles. The Morgan fingerprint density at radius 1 is 1.57 bits per heavy atom. The predicted octanol–water partition coefficient (Wildman–Crippen LogP) is 1.24. The first-order valence-electron chi connectivity index (χ1n) is 5.16. The van der Waals surface area contributed by atoms with Crippen LogP contribution in [0.3, 0.4) is 0 Å². The highest BCUT2D eigenvalue weighted by molar-refractivity contribution is 7.11. The van der Waals surface area contributed by atoms with Crippen molar-refractivity contribution in [2.45, 2.75) is 26.4 Å². The second-order valence-electron chi connectivity index (χ2n) is 3.75. The zero-order valence-corrected chi connectivity index (χ0v) is 9.65. The quantitative estimate of drug-likeness (QED) is 0.815. The molecule has 14 heavy (non-hydrogen) atoms. The number of nitrogens with one attached hydrogen (secondary N) is 1. The standard InChI is InChI=1S/C10H17N3S/c1-3-11-6-10-12-8-4-5-13(2)7-9(8)14-10/h11H,3-7H2,1-2H3. The normalized spacial score (nSPS) is 17.0. The first-order valence-corrected chi connectivity index (χ1v) is 5.98. The maximum Gasteiger partial charge on any atom is 0.107 e. The summed E-state index contributed by atoms with van der Waals surface area (Å²) in [7, 11) is 2.17. The third kappa shape index (κ3) is 2.13. The molecule has 2 rings (SSSR count). The molecule has 1 aromatic rings. The van der Waals surface area contributed by atoms with E-state index >= 15 is 0 Å². The number of aromatic nitrogens is 1. The maximum atomic E-state index is 4.65. The monoisotopic (exact) mass is 211 g/mol. The lowest BCUT2D eigenvalue weighted by Gasteiger charge is -2.20. The summed E-state index contributed by atoms with van der Waals surface area (Å²) in [5.41, 5.74) is 1.33. The largest absolute Gasteiger partial charge is 0.311 e. The topological polar surface area (TPSA) is 28.2 Å². The fourth-order valence-electron chi connectivity index (χ4n) is 1.68. The molecule has 0 unspecified atom stereocenters. The highest BCUT2D eigenvalue weighted by Gasteiger charge is 2.17. The smallest absolute Gasteiger partial charge is 0.107 e. The third-order valence-corrected chi connectivity index (χ3v) is 3.57. The van der Waals surface area contributed by atoms with Gasteiger partial charge in [0.25, 0.3) is 0 Å². The Balaban J connectivity index is 2.07. The minimum atomic E-state index is 0.928. The van der Waals surface area contributed by atoms with Crippen molar-refractivity contribution >= 4 is 11.3 Å². The fraction of sp³-hybridized carbons (Fsp3) is 0.700. The van der Waals surface area contributed by atoms with Gasteiger partial charge >= 0.3 is 0 Å². The van der Waals surface area contributed by atoms with Gasteiger partial charge in [-0.2, -0.15) is 0 Å². The summed E-state index contributed by atoms with van der Waals surface area (Å²) in [5.74, 6) is 0. The van der Waals surface area contributed by atoms with Gasteiger partial charge in [0.2, 0.25) is 0 Å². The minimum absolute atomic E-state index is 0.928. The van der Waals surface area contributed by atoms with Crippen molar-refractivity contribution in [3.05, 3.63) is 15.6 Å². The molecule has 1 aliphatic rings. The van der Waals surface area contributed by atoms with Crippen LogP contribution in [0.1, 0.15) is 22.5 Å². The molecule has 4 heteroatoms. The number of fused-ring (bicyclic) bond motifs is 1. The van der Waals surface area contributed by atoms with Crippen molar-refractivity contribution in [1.82, 2.24) is 15.2 Å². The molecular formula is C10H17N3S. The summed E-state index contributed by atoms with van der Waals surface area (Å²) in [6.07, 6.45) is 1.12. The van der Waals surface area contributed by atoms with E-state index in [1.807, 2.05) is 11.3 Å². The van der Waals surface area contributed by atoms with E-state index in [9.17, 15) is 0 Å². The van der Waals surface area contributed by atoms with Crippen LogP contribution in [0, 0.1) is 0 Å². The van der Waals surface area contributed by atoms with Crippen molar-refractivity contribution < 1.29 is 0 Å². The van der Waals surface area contributed by atoms with E-state index in [0.29, 0.717) is 0 Å². The summed E-state index contributed by atoms with van der Waals surface area (Å²) in [5, 5.41) is 4.56. The number of hydrogen-bond donors (Lipinski definition) is 1. The molecule has 2 heterocycles. The zero-order valence-electron chi connectivity index (χ0n) is 8.84. The average molecular weight is 211 g/mol. The van der Waals surface area contributed by atoms with E-state index in [1.54, 1.807) is 0 Å². The minimum Gasteiger partial charge on any atom is -0.311 e. The van der Waals surface area contributed by atoms with E-state index in [2.05, 4.69) is 29.2 Å². The molecule has 3 nitrogen and oxygen atoms in total. The van der Waals surface area contributed by atoms with Crippen molar-refractivity contribution in [3.63, 3.8) is 0 Å². The maximum absolute atomic E-state index is 4.65. The van der Waals surface area contributed by atoms with Gasteiger partial charge in [-0.15, -0.1) is 11.3 Å². The van der Waals surface area contributed by atoms with Crippen LogP contribution in [0.5, 0.6) is 0 Å². The van der Waals surface area contributed by atoms with Crippen LogP contribution < -0.4 is 5.32 Å². The van der Waals surface area contributed by atoms with Crippen LogP contribution in [-0.2, 0) is 19.5 Å². The van der Waals surface area contributed by atoms with Crippen LogP contribution in [0.25, 0.3) is 0 Å². The SMILES string of the molecule is CCNCc1nc2c(s1)CN(C)CC2. The molecule has 0 saturated carbocycles. The Morgan fingerprint density at radius 2 is 2.43 bits per heavy atom. The second-order valence-corrected chi connectivity index (χ2v) is 4.91. The first kappa shape index (κ1) is 10.1. The van der Waals surface area contributed by atoms with E-state index in [0.717, 1.165) is 32.6 Å². The van der Waals surface area contributed by atoms with Gasteiger partial charge in [0, 0.05) is 30.9 Å². The lowest BCUT2D eigenvalue weighted by molar-refractivity contribution is 0.314. The van der Waals surface area contributed by atoms with Gasteiger partial charge in [-0.05, 0) is 13.6 Å². The van der Waals surface area contributed by atoms with Gasteiger partial charge in [0.05, 0.1) is 5.69 Å².